The summed E-state index contributed by atoms with van der Waals surface area (Å²) in [6.07, 6.45) is -0.388. The summed E-state index contributed by atoms with van der Waals surface area (Å²) in [6.45, 7) is 1.27. The molecule has 0 radical (unpaired) electrons. The van der Waals surface area contributed by atoms with Crippen LogP contribution in [0.4, 0.5) is 19.0 Å². The fraction of sp³-hybridized carbons (Fsp3) is 0.316. The van der Waals surface area contributed by atoms with E-state index in [1.54, 1.807) is 10.5 Å². The van der Waals surface area contributed by atoms with Crippen LogP contribution in [0.3, 0.4) is 0 Å². The fourth-order valence-electron chi connectivity index (χ4n) is 3.19. The van der Waals surface area contributed by atoms with Crippen LogP contribution in [-0.2, 0) is 10.9 Å². The van der Waals surface area contributed by atoms with Crippen LogP contribution in [0.1, 0.15) is 34.1 Å². The topological polar surface area (TPSA) is 77.8 Å². The average molecular weight is 406 g/mol. The molecule has 1 amide bonds. The summed E-state index contributed by atoms with van der Waals surface area (Å²) in [5, 5.41) is 2.39. The maximum absolute atomic E-state index is 12.8. The summed E-state index contributed by atoms with van der Waals surface area (Å²) in [7, 11) is 1.40. The molecule has 1 atom stereocenters. The van der Waals surface area contributed by atoms with E-state index in [-0.39, 0.29) is 23.0 Å². The number of nitrogens with zero attached hydrogens (tertiary/aromatic N) is 3. The van der Waals surface area contributed by atoms with E-state index in [1.807, 2.05) is 6.20 Å². The molecular weight excluding hydrogens is 389 g/mol. The Bertz CT molecular complexity index is 1060. The van der Waals surface area contributed by atoms with Gasteiger partial charge in [0.25, 0.3) is 5.91 Å². The minimum absolute atomic E-state index is 0.144. The lowest BCUT2D eigenvalue weighted by Crippen LogP contribution is -2.16. The Hall–Kier alpha value is -3.14. The summed E-state index contributed by atoms with van der Waals surface area (Å²) in [5.41, 5.74) is 0.501. The summed E-state index contributed by atoms with van der Waals surface area (Å²) < 4.78 is 50.9. The van der Waals surface area contributed by atoms with E-state index >= 15 is 0 Å². The van der Waals surface area contributed by atoms with Crippen molar-refractivity contribution in [3.8, 4) is 5.75 Å². The predicted octanol–water partition coefficient (Wildman–Crippen LogP) is 3.51. The van der Waals surface area contributed by atoms with Gasteiger partial charge in [0, 0.05) is 31.0 Å². The molecule has 1 unspecified atom stereocenters. The van der Waals surface area contributed by atoms with E-state index < -0.39 is 17.8 Å². The number of hydrogen-bond donors (Lipinski definition) is 1. The van der Waals surface area contributed by atoms with E-state index in [0.717, 1.165) is 18.2 Å². The standard InChI is InChI=1S/C19H17F3N4O3/c1-28-14-7-17-23-13(11-5-6-29-10-11)9-26(17)8-12(14)18(27)25-16-4-2-3-15(24-16)19(20,21)22/h2-4,7-9,11H,5-6,10H2,1H3,(H,24,25,27). The van der Waals surface area contributed by atoms with Crippen LogP contribution in [0.5, 0.6) is 5.75 Å². The summed E-state index contributed by atoms with van der Waals surface area (Å²) >= 11 is 0. The van der Waals surface area contributed by atoms with Gasteiger partial charge < -0.3 is 19.2 Å². The maximum Gasteiger partial charge on any atom is 0.433 e. The third kappa shape index (κ3) is 3.88. The molecule has 4 heterocycles. The summed E-state index contributed by atoms with van der Waals surface area (Å²) in [4.78, 5) is 20.7. The molecule has 152 valence electrons. The zero-order valence-electron chi connectivity index (χ0n) is 15.4. The van der Waals surface area contributed by atoms with E-state index in [9.17, 15) is 18.0 Å². The lowest BCUT2D eigenvalue weighted by molar-refractivity contribution is -0.141. The van der Waals surface area contributed by atoms with Gasteiger partial charge in [-0.2, -0.15) is 13.2 Å². The predicted molar refractivity (Wildman–Crippen MR) is 97.1 cm³/mol. The molecule has 0 aromatic carbocycles. The van der Waals surface area contributed by atoms with Gasteiger partial charge in [0.15, 0.2) is 0 Å². The average Bonchev–Trinajstić information content (AvgIpc) is 3.35. The Kier molecular flexibility index (Phi) is 4.87. The minimum atomic E-state index is -4.60. The number of methoxy groups -OCH3 is 1. The number of carbonyl (C=O) groups is 1. The lowest BCUT2D eigenvalue weighted by atomic mass is 10.1. The molecule has 3 aromatic rings. The van der Waals surface area contributed by atoms with Crippen LogP contribution in [0, 0.1) is 0 Å². The number of nitrogens with one attached hydrogen (secondary N) is 1. The number of imidazole rings is 1. The van der Waals surface area contributed by atoms with Crippen LogP contribution in [0.15, 0.2) is 36.7 Å². The second-order valence-corrected chi connectivity index (χ2v) is 6.61. The summed E-state index contributed by atoms with van der Waals surface area (Å²) in [6, 6.07) is 4.90. The van der Waals surface area contributed by atoms with Gasteiger partial charge >= 0.3 is 6.18 Å². The van der Waals surface area contributed by atoms with E-state index in [0.29, 0.717) is 18.9 Å². The van der Waals surface area contributed by atoms with Crippen LogP contribution in [0.25, 0.3) is 5.65 Å². The van der Waals surface area contributed by atoms with Gasteiger partial charge in [-0.25, -0.2) is 9.97 Å². The quantitative estimate of drug-likeness (QED) is 0.718. The Balaban J connectivity index is 1.64. The SMILES string of the molecule is COc1cc2nc(C3CCOC3)cn2cc1C(=O)Nc1cccc(C(F)(F)F)n1. The molecule has 4 rings (SSSR count). The normalized spacial score (nSPS) is 16.9. The molecule has 1 aliphatic heterocycles. The number of rotatable bonds is 4. The minimum Gasteiger partial charge on any atom is -0.496 e. The molecule has 0 saturated carbocycles. The molecule has 29 heavy (non-hydrogen) atoms. The highest BCUT2D eigenvalue weighted by Crippen LogP contribution is 2.29. The van der Waals surface area contributed by atoms with E-state index in [4.69, 9.17) is 9.47 Å². The van der Waals surface area contributed by atoms with Gasteiger partial charge in [-0.1, -0.05) is 6.07 Å². The first-order valence-electron chi connectivity index (χ1n) is 8.85. The number of alkyl halides is 3. The van der Waals surface area contributed by atoms with Crippen molar-refractivity contribution in [1.29, 1.82) is 0 Å². The maximum atomic E-state index is 12.8. The third-order valence-electron chi connectivity index (χ3n) is 4.67. The number of aromatic nitrogens is 3. The van der Waals surface area contributed by atoms with E-state index in [1.165, 1.54) is 25.4 Å². The van der Waals surface area contributed by atoms with Gasteiger partial charge in [0.1, 0.15) is 22.9 Å². The van der Waals surface area contributed by atoms with Crippen LogP contribution >= 0.6 is 0 Å². The van der Waals surface area contributed by atoms with Crippen molar-refractivity contribution in [3.05, 3.63) is 53.6 Å². The van der Waals surface area contributed by atoms with Crippen LogP contribution in [0.2, 0.25) is 0 Å². The highest BCUT2D eigenvalue weighted by atomic mass is 19.4. The number of hydrogen-bond acceptors (Lipinski definition) is 5. The fourth-order valence-corrected chi connectivity index (χ4v) is 3.19. The lowest BCUT2D eigenvalue weighted by Gasteiger charge is -2.11. The van der Waals surface area contributed by atoms with Gasteiger partial charge in [-0.15, -0.1) is 0 Å². The Morgan fingerprint density at radius 2 is 2.14 bits per heavy atom. The number of carbonyl (C=O) groups excluding carboxylic acids is 1. The Labute approximate surface area is 163 Å². The molecule has 0 bridgehead atoms. The highest BCUT2D eigenvalue weighted by molar-refractivity contribution is 6.05. The molecule has 7 nitrogen and oxygen atoms in total. The molecule has 0 spiro atoms. The molecular formula is C19H17F3N4O3. The molecule has 0 aliphatic carbocycles. The van der Waals surface area contributed by atoms with Gasteiger partial charge in [0.2, 0.25) is 0 Å². The number of pyridine rings is 2. The van der Waals surface area contributed by atoms with Gasteiger partial charge in [-0.3, -0.25) is 4.79 Å². The van der Waals surface area contributed by atoms with Crippen molar-refractivity contribution in [1.82, 2.24) is 14.4 Å². The highest BCUT2D eigenvalue weighted by Gasteiger charge is 2.32. The third-order valence-corrected chi connectivity index (χ3v) is 4.67. The number of halogens is 3. The first-order valence-corrected chi connectivity index (χ1v) is 8.85. The molecule has 1 saturated heterocycles. The largest absolute Gasteiger partial charge is 0.496 e. The van der Waals surface area contributed by atoms with E-state index in [2.05, 4.69) is 15.3 Å². The van der Waals surface area contributed by atoms with Gasteiger partial charge in [-0.05, 0) is 18.6 Å². The second kappa shape index (κ2) is 7.36. The zero-order chi connectivity index (χ0) is 20.6. The van der Waals surface area contributed by atoms with Crippen molar-refractivity contribution < 1.29 is 27.4 Å². The molecule has 3 aromatic heterocycles. The number of ether oxygens (including phenoxy) is 2. The zero-order valence-corrected chi connectivity index (χ0v) is 15.4. The number of anilines is 1. The molecule has 1 N–H and O–H groups in total. The van der Waals surface area contributed by atoms with Crippen LogP contribution in [-0.4, -0.2) is 40.6 Å². The Morgan fingerprint density at radius 1 is 1.31 bits per heavy atom. The van der Waals surface area contributed by atoms with Crippen LogP contribution < -0.4 is 10.1 Å². The van der Waals surface area contributed by atoms with Crippen molar-refractivity contribution in [2.75, 3.05) is 25.6 Å². The van der Waals surface area contributed by atoms with Crippen molar-refractivity contribution >= 4 is 17.4 Å². The monoisotopic (exact) mass is 406 g/mol. The molecule has 10 heteroatoms. The molecule has 1 fully saturated rings. The van der Waals surface area contributed by atoms with Crippen molar-refractivity contribution in [3.63, 3.8) is 0 Å². The van der Waals surface area contributed by atoms with Crippen molar-refractivity contribution in [2.45, 2.75) is 18.5 Å². The van der Waals surface area contributed by atoms with Gasteiger partial charge in [0.05, 0.1) is 25.0 Å². The second-order valence-electron chi connectivity index (χ2n) is 6.61. The summed E-state index contributed by atoms with van der Waals surface area (Å²) in [5.74, 6) is -0.411. The number of amides is 1. The first kappa shape index (κ1) is 19.2. The molecule has 1 aliphatic rings. The smallest absolute Gasteiger partial charge is 0.433 e. The first-order chi connectivity index (χ1) is 13.8. The Morgan fingerprint density at radius 3 is 2.83 bits per heavy atom. The van der Waals surface area contributed by atoms with Crippen molar-refractivity contribution in [2.24, 2.45) is 0 Å². The number of fused-ring (bicyclic) bond motifs is 1.